The molecule has 0 bridgehead atoms. The Bertz CT molecular complexity index is 1020. The molecule has 5 rings (SSSR count). The van der Waals surface area contributed by atoms with Crippen LogP contribution in [0.3, 0.4) is 0 Å². The number of carbonyl (C=O) groups is 2. The van der Waals surface area contributed by atoms with Crippen LogP contribution in [0.15, 0.2) is 66.1 Å². The van der Waals surface area contributed by atoms with E-state index in [9.17, 15) is 9.59 Å². The van der Waals surface area contributed by atoms with Gasteiger partial charge >= 0.3 is 5.97 Å². The van der Waals surface area contributed by atoms with Crippen LogP contribution in [0.5, 0.6) is 0 Å². The third-order valence-electron chi connectivity index (χ3n) is 5.77. The quantitative estimate of drug-likeness (QED) is 0.575. The van der Waals surface area contributed by atoms with E-state index in [1.54, 1.807) is 0 Å². The second-order valence-corrected chi connectivity index (χ2v) is 8.55. The summed E-state index contributed by atoms with van der Waals surface area (Å²) in [7, 11) is 1.40. The summed E-state index contributed by atoms with van der Waals surface area (Å²) in [5.74, 6) is 1.21. The van der Waals surface area contributed by atoms with E-state index >= 15 is 0 Å². The van der Waals surface area contributed by atoms with Crippen molar-refractivity contribution >= 4 is 40.4 Å². The highest BCUT2D eigenvalue weighted by Crippen LogP contribution is 2.44. The molecule has 3 unspecified atom stereocenters. The molecule has 1 saturated carbocycles. The fraction of sp³-hybridized carbons (Fsp3) is 0.280. The molecule has 1 heterocycles. The van der Waals surface area contributed by atoms with Crippen molar-refractivity contribution in [3.63, 3.8) is 0 Å². The van der Waals surface area contributed by atoms with Crippen LogP contribution < -0.4 is 0 Å². The molecule has 0 radical (unpaired) electrons. The number of allylic oxidation sites excluding steroid dienone is 3. The molecule has 2 aromatic rings. The fourth-order valence-electron chi connectivity index (χ4n) is 4.28. The second-order valence-electron chi connectivity index (χ2n) is 7.49. The molecule has 3 atom stereocenters. The lowest BCUT2D eigenvalue weighted by Gasteiger charge is -2.33. The van der Waals surface area contributed by atoms with E-state index in [0.717, 1.165) is 19.3 Å². The van der Waals surface area contributed by atoms with Gasteiger partial charge < -0.3 is 4.74 Å². The van der Waals surface area contributed by atoms with Crippen LogP contribution in [-0.2, 0) is 14.3 Å². The summed E-state index contributed by atoms with van der Waals surface area (Å²) in [6.07, 6.45) is 12.7. The largest absolute Gasteiger partial charge is 0.468 e. The van der Waals surface area contributed by atoms with Crippen LogP contribution in [0.2, 0.25) is 0 Å². The number of ether oxygens (including phenoxy) is 1. The molecule has 2 aliphatic carbocycles. The van der Waals surface area contributed by atoms with E-state index < -0.39 is 0 Å². The highest BCUT2D eigenvalue weighted by atomic mass is 32.2. The molecular weight excluding hydrogens is 380 g/mol. The van der Waals surface area contributed by atoms with Crippen LogP contribution in [0.1, 0.15) is 36.3 Å². The summed E-state index contributed by atoms with van der Waals surface area (Å²) in [6.45, 7) is 0. The van der Waals surface area contributed by atoms with E-state index in [4.69, 9.17) is 0 Å². The first-order chi connectivity index (χ1) is 14.2. The summed E-state index contributed by atoms with van der Waals surface area (Å²) >= 11 is 1.45. The fourth-order valence-corrected chi connectivity index (χ4v) is 5.02. The van der Waals surface area contributed by atoms with Gasteiger partial charge in [-0.25, -0.2) is 0 Å². The number of methoxy groups -OCH3 is 1. The van der Waals surface area contributed by atoms with Crippen molar-refractivity contribution in [2.24, 2.45) is 5.92 Å². The average molecular weight is 405 g/mol. The zero-order valence-corrected chi connectivity index (χ0v) is 17.2. The summed E-state index contributed by atoms with van der Waals surface area (Å²) < 4.78 is 4.54. The minimum atomic E-state index is -0.189. The maximum Gasteiger partial charge on any atom is 0.323 e. The summed E-state index contributed by atoms with van der Waals surface area (Å²) in [6, 6.07) is 12.9. The van der Waals surface area contributed by atoms with Crippen LogP contribution in [0.4, 0.5) is 0 Å². The van der Waals surface area contributed by atoms with Gasteiger partial charge in [-0.1, -0.05) is 66.8 Å². The lowest BCUT2D eigenvalue weighted by molar-refractivity contribution is -0.139. The minimum absolute atomic E-state index is 0.144. The van der Waals surface area contributed by atoms with Gasteiger partial charge in [-0.15, -0.1) is 11.8 Å². The number of rotatable bonds is 1. The van der Waals surface area contributed by atoms with E-state index in [0.29, 0.717) is 17.6 Å². The van der Waals surface area contributed by atoms with Gasteiger partial charge in [0.15, 0.2) is 0 Å². The average Bonchev–Trinajstić information content (AvgIpc) is 2.79. The van der Waals surface area contributed by atoms with Crippen LogP contribution in [0.25, 0.3) is 16.8 Å². The second kappa shape index (κ2) is 8.83. The third-order valence-corrected chi connectivity index (χ3v) is 6.73. The summed E-state index contributed by atoms with van der Waals surface area (Å²) in [5, 5.41) is 4.33. The number of ketones is 1. The van der Waals surface area contributed by atoms with E-state index in [-0.39, 0.29) is 11.2 Å². The number of benzene rings is 2. The van der Waals surface area contributed by atoms with Gasteiger partial charge in [-0.3, -0.25) is 9.59 Å². The number of hydrogen-bond donors (Lipinski definition) is 0. The number of carbonyl (C=O) groups excluding carboxylic acids is 2. The molecular formula is C25H24O3S. The minimum Gasteiger partial charge on any atom is -0.468 e. The SMILES string of the molecule is COC(=O)C1C=CC=CS1.O=C1CCC2C=Cc3c(ccc4ccccc34)C2C1. The lowest BCUT2D eigenvalue weighted by Crippen LogP contribution is -2.24. The first-order valence-corrected chi connectivity index (χ1v) is 10.9. The van der Waals surface area contributed by atoms with Crippen LogP contribution >= 0.6 is 11.8 Å². The van der Waals surface area contributed by atoms with Crippen molar-refractivity contribution < 1.29 is 14.3 Å². The van der Waals surface area contributed by atoms with Gasteiger partial charge in [-0.2, -0.15) is 0 Å². The zero-order valence-electron chi connectivity index (χ0n) is 16.4. The molecule has 0 spiro atoms. The maximum absolute atomic E-state index is 11.8. The van der Waals surface area contributed by atoms with Gasteiger partial charge in [0, 0.05) is 12.8 Å². The normalized spacial score (nSPS) is 24.3. The molecule has 4 heteroatoms. The zero-order chi connectivity index (χ0) is 20.2. The Kier molecular flexibility index (Phi) is 6.00. The van der Waals surface area contributed by atoms with Crippen molar-refractivity contribution in [2.45, 2.75) is 30.4 Å². The number of thioether (sulfide) groups is 1. The summed E-state index contributed by atoms with van der Waals surface area (Å²) in [4.78, 5) is 22.6. The Morgan fingerprint density at radius 2 is 1.97 bits per heavy atom. The predicted molar refractivity (Wildman–Crippen MR) is 120 cm³/mol. The molecule has 2 aromatic carbocycles. The molecule has 0 N–H and O–H groups in total. The smallest absolute Gasteiger partial charge is 0.323 e. The van der Waals surface area contributed by atoms with Crippen molar-refractivity contribution in [1.29, 1.82) is 0 Å². The van der Waals surface area contributed by atoms with E-state index in [2.05, 4.69) is 53.3 Å². The van der Waals surface area contributed by atoms with Crippen LogP contribution in [-0.4, -0.2) is 24.1 Å². The van der Waals surface area contributed by atoms with Crippen molar-refractivity contribution in [1.82, 2.24) is 0 Å². The number of hydrogen-bond acceptors (Lipinski definition) is 4. The first kappa shape index (κ1) is 19.7. The topological polar surface area (TPSA) is 43.4 Å². The molecule has 3 aliphatic rings. The molecule has 0 saturated heterocycles. The van der Waals surface area contributed by atoms with Gasteiger partial charge in [0.05, 0.1) is 7.11 Å². The Morgan fingerprint density at radius 1 is 1.10 bits per heavy atom. The lowest BCUT2D eigenvalue weighted by atomic mass is 9.70. The monoisotopic (exact) mass is 404 g/mol. The van der Waals surface area contributed by atoms with Gasteiger partial charge in [0.1, 0.15) is 11.0 Å². The van der Waals surface area contributed by atoms with E-state index in [1.165, 1.54) is 40.8 Å². The summed E-state index contributed by atoms with van der Waals surface area (Å²) in [5.41, 5.74) is 2.70. The molecule has 3 nitrogen and oxygen atoms in total. The first-order valence-electron chi connectivity index (χ1n) is 9.95. The van der Waals surface area contributed by atoms with E-state index in [1.807, 2.05) is 23.6 Å². The highest BCUT2D eigenvalue weighted by Gasteiger charge is 2.32. The Morgan fingerprint density at radius 3 is 2.76 bits per heavy atom. The van der Waals surface area contributed by atoms with Crippen molar-refractivity contribution in [2.75, 3.05) is 7.11 Å². The van der Waals surface area contributed by atoms with Gasteiger partial charge in [-0.05, 0) is 45.6 Å². The predicted octanol–water partition coefficient (Wildman–Crippen LogP) is 5.66. The van der Waals surface area contributed by atoms with Crippen LogP contribution in [0, 0.1) is 5.92 Å². The number of fused-ring (bicyclic) bond motifs is 5. The molecule has 148 valence electrons. The Hall–Kier alpha value is -2.59. The van der Waals surface area contributed by atoms with Crippen molar-refractivity contribution in [3.8, 4) is 0 Å². The molecule has 0 amide bonds. The standard InChI is InChI=1S/C18H16O.C7H8O2S/c19-14-8-5-13-7-9-16-15-4-2-1-3-12(15)6-10-17(16)18(13)11-14;1-9-7(8)6-4-2-3-5-10-6/h1-4,6-7,9-10,13,18H,5,8,11H2;2-6H,1H3. The van der Waals surface area contributed by atoms with Crippen molar-refractivity contribution in [3.05, 3.63) is 77.2 Å². The third kappa shape index (κ3) is 4.23. The molecule has 29 heavy (non-hydrogen) atoms. The van der Waals surface area contributed by atoms with Gasteiger partial charge in [0.25, 0.3) is 0 Å². The van der Waals surface area contributed by atoms with Gasteiger partial charge in [0.2, 0.25) is 0 Å². The molecule has 1 fully saturated rings. The number of Topliss-reactive ketones (excluding diaryl/α,β-unsaturated/α-hetero) is 1. The number of esters is 1. The molecule has 1 aliphatic heterocycles. The highest BCUT2D eigenvalue weighted by molar-refractivity contribution is 8.03. The maximum atomic E-state index is 11.8. The Balaban J connectivity index is 0.000000174. The Labute approximate surface area is 175 Å². The molecule has 0 aromatic heterocycles.